The van der Waals surface area contributed by atoms with Gasteiger partial charge in [0.2, 0.25) is 0 Å². The minimum Gasteiger partial charge on any atom is -0.398 e. The fraction of sp³-hybridized carbons (Fsp3) is 0.333. The maximum Gasteiger partial charge on any atom is 0.138 e. The largest absolute Gasteiger partial charge is 0.398 e. The zero-order valence-corrected chi connectivity index (χ0v) is 11.7. The van der Waals surface area contributed by atoms with E-state index in [4.69, 9.17) is 17.3 Å². The SMILES string of the molecule is CCCn1ncnc1CSc1ccc(Cl)cc1N. The molecule has 2 N–H and O–H groups in total. The van der Waals surface area contributed by atoms with Gasteiger partial charge in [-0.3, -0.25) is 0 Å². The molecule has 4 nitrogen and oxygen atoms in total. The van der Waals surface area contributed by atoms with Gasteiger partial charge in [-0.05, 0) is 24.6 Å². The lowest BCUT2D eigenvalue weighted by Gasteiger charge is -2.06. The Morgan fingerprint density at radius 2 is 2.28 bits per heavy atom. The highest BCUT2D eigenvalue weighted by molar-refractivity contribution is 7.98. The van der Waals surface area contributed by atoms with Crippen molar-refractivity contribution in [2.45, 2.75) is 30.5 Å². The quantitative estimate of drug-likeness (QED) is 0.676. The molecule has 0 spiro atoms. The monoisotopic (exact) mass is 282 g/mol. The molecule has 96 valence electrons. The highest BCUT2D eigenvalue weighted by Gasteiger charge is 2.06. The second-order valence-corrected chi connectivity index (χ2v) is 5.32. The molecule has 6 heteroatoms. The summed E-state index contributed by atoms with van der Waals surface area (Å²) in [6.07, 6.45) is 2.64. The number of halogens is 1. The number of nitrogens with two attached hydrogens (primary N) is 1. The van der Waals surface area contributed by atoms with E-state index in [-0.39, 0.29) is 0 Å². The third-order valence-electron chi connectivity index (χ3n) is 2.46. The Bertz CT molecular complexity index is 527. The predicted octanol–water partition coefficient (Wildman–Crippen LogP) is 3.22. The van der Waals surface area contributed by atoms with Crippen molar-refractivity contribution < 1.29 is 0 Å². The van der Waals surface area contributed by atoms with Gasteiger partial charge in [-0.1, -0.05) is 18.5 Å². The molecule has 0 saturated carbocycles. The van der Waals surface area contributed by atoms with Crippen LogP contribution in [0.5, 0.6) is 0 Å². The lowest BCUT2D eigenvalue weighted by atomic mass is 10.3. The van der Waals surface area contributed by atoms with Gasteiger partial charge in [-0.25, -0.2) is 9.67 Å². The zero-order valence-electron chi connectivity index (χ0n) is 10.1. The molecule has 0 aliphatic rings. The Labute approximate surface area is 116 Å². The van der Waals surface area contributed by atoms with Gasteiger partial charge in [0.05, 0.1) is 5.75 Å². The molecule has 1 aromatic heterocycles. The molecular formula is C12H15ClN4S. The van der Waals surface area contributed by atoms with Crippen LogP contribution in [0.3, 0.4) is 0 Å². The number of aryl methyl sites for hydroxylation is 1. The minimum absolute atomic E-state index is 0.658. The molecule has 0 bridgehead atoms. The third kappa shape index (κ3) is 3.17. The summed E-state index contributed by atoms with van der Waals surface area (Å²) in [5.41, 5.74) is 6.61. The van der Waals surface area contributed by atoms with Crippen molar-refractivity contribution in [3.8, 4) is 0 Å². The smallest absolute Gasteiger partial charge is 0.138 e. The van der Waals surface area contributed by atoms with E-state index in [0.29, 0.717) is 10.7 Å². The molecule has 0 aliphatic carbocycles. The Morgan fingerprint density at radius 1 is 1.44 bits per heavy atom. The normalized spacial score (nSPS) is 10.8. The van der Waals surface area contributed by atoms with Crippen LogP contribution in [-0.2, 0) is 12.3 Å². The summed E-state index contributed by atoms with van der Waals surface area (Å²) in [7, 11) is 0. The summed E-state index contributed by atoms with van der Waals surface area (Å²) < 4.78 is 1.93. The van der Waals surface area contributed by atoms with Gasteiger partial charge in [0.1, 0.15) is 12.2 Å². The van der Waals surface area contributed by atoms with Crippen LogP contribution >= 0.6 is 23.4 Å². The minimum atomic E-state index is 0.658. The van der Waals surface area contributed by atoms with E-state index in [1.807, 2.05) is 16.8 Å². The number of anilines is 1. The summed E-state index contributed by atoms with van der Waals surface area (Å²) in [4.78, 5) is 5.28. The zero-order chi connectivity index (χ0) is 13.0. The maximum atomic E-state index is 5.91. The molecule has 0 saturated heterocycles. The van der Waals surface area contributed by atoms with E-state index in [1.165, 1.54) is 0 Å². The van der Waals surface area contributed by atoms with Crippen molar-refractivity contribution in [3.63, 3.8) is 0 Å². The Morgan fingerprint density at radius 3 is 3.00 bits per heavy atom. The lowest BCUT2D eigenvalue weighted by Crippen LogP contribution is -2.04. The molecule has 2 aromatic rings. The standard InChI is InChI=1S/C12H15ClN4S/c1-2-5-17-12(15-8-16-17)7-18-11-4-3-9(13)6-10(11)14/h3-4,6,8H,2,5,7,14H2,1H3. The number of rotatable bonds is 5. The number of aromatic nitrogens is 3. The van der Waals surface area contributed by atoms with E-state index in [9.17, 15) is 0 Å². The van der Waals surface area contributed by atoms with Crippen LogP contribution in [0.4, 0.5) is 5.69 Å². The van der Waals surface area contributed by atoms with Crippen LogP contribution in [0.1, 0.15) is 19.2 Å². The lowest BCUT2D eigenvalue weighted by molar-refractivity contribution is 0.581. The van der Waals surface area contributed by atoms with Crippen LogP contribution < -0.4 is 5.73 Å². The number of hydrogen-bond donors (Lipinski definition) is 1. The van der Waals surface area contributed by atoms with Crippen LogP contribution in [0, 0.1) is 0 Å². The molecule has 1 aromatic carbocycles. The van der Waals surface area contributed by atoms with Gasteiger partial charge in [0, 0.05) is 22.2 Å². The van der Waals surface area contributed by atoms with Crippen molar-refractivity contribution in [2.24, 2.45) is 0 Å². The third-order valence-corrected chi connectivity index (χ3v) is 3.78. The van der Waals surface area contributed by atoms with Gasteiger partial charge in [-0.2, -0.15) is 5.10 Å². The fourth-order valence-electron chi connectivity index (χ4n) is 1.59. The van der Waals surface area contributed by atoms with Crippen molar-refractivity contribution in [3.05, 3.63) is 35.4 Å². The van der Waals surface area contributed by atoms with E-state index >= 15 is 0 Å². The average Bonchev–Trinajstić information content (AvgIpc) is 2.76. The molecule has 18 heavy (non-hydrogen) atoms. The van der Waals surface area contributed by atoms with Crippen LogP contribution in [-0.4, -0.2) is 14.8 Å². The topological polar surface area (TPSA) is 56.7 Å². The molecule has 0 atom stereocenters. The van der Waals surface area contributed by atoms with Crippen molar-refractivity contribution in [1.82, 2.24) is 14.8 Å². The van der Waals surface area contributed by atoms with Gasteiger partial charge >= 0.3 is 0 Å². The van der Waals surface area contributed by atoms with Crippen LogP contribution in [0.2, 0.25) is 5.02 Å². The second-order valence-electron chi connectivity index (χ2n) is 3.87. The first-order valence-electron chi connectivity index (χ1n) is 5.75. The molecule has 2 rings (SSSR count). The Balaban J connectivity index is 2.04. The van der Waals surface area contributed by atoms with Gasteiger partial charge in [0.15, 0.2) is 0 Å². The fourth-order valence-corrected chi connectivity index (χ4v) is 2.67. The summed E-state index contributed by atoms with van der Waals surface area (Å²) in [6, 6.07) is 5.54. The average molecular weight is 283 g/mol. The van der Waals surface area contributed by atoms with E-state index in [1.54, 1.807) is 24.2 Å². The van der Waals surface area contributed by atoms with Crippen molar-refractivity contribution in [2.75, 3.05) is 5.73 Å². The van der Waals surface area contributed by atoms with Crippen molar-refractivity contribution >= 4 is 29.1 Å². The number of benzene rings is 1. The number of nitrogens with zero attached hydrogens (tertiary/aromatic N) is 3. The summed E-state index contributed by atoms with van der Waals surface area (Å²) in [6.45, 7) is 3.02. The predicted molar refractivity (Wildman–Crippen MR) is 75.7 cm³/mol. The number of nitrogen functional groups attached to an aromatic ring is 1. The summed E-state index contributed by atoms with van der Waals surface area (Å²) in [5.74, 6) is 1.72. The van der Waals surface area contributed by atoms with Crippen LogP contribution in [0.25, 0.3) is 0 Å². The second kappa shape index (κ2) is 6.11. The molecule has 0 unspecified atom stereocenters. The summed E-state index contributed by atoms with van der Waals surface area (Å²) in [5, 5.41) is 4.85. The van der Waals surface area contributed by atoms with E-state index < -0.39 is 0 Å². The van der Waals surface area contributed by atoms with Gasteiger partial charge < -0.3 is 5.73 Å². The summed E-state index contributed by atoms with van der Waals surface area (Å²) >= 11 is 7.51. The molecular weight excluding hydrogens is 268 g/mol. The number of hydrogen-bond acceptors (Lipinski definition) is 4. The Kier molecular flexibility index (Phi) is 4.49. The van der Waals surface area contributed by atoms with Gasteiger partial charge in [0.25, 0.3) is 0 Å². The Hall–Kier alpha value is -1.20. The first-order valence-corrected chi connectivity index (χ1v) is 7.11. The first kappa shape index (κ1) is 13.2. The molecule has 0 fully saturated rings. The highest BCUT2D eigenvalue weighted by atomic mass is 35.5. The van der Waals surface area contributed by atoms with E-state index in [0.717, 1.165) is 29.4 Å². The van der Waals surface area contributed by atoms with Crippen molar-refractivity contribution in [1.29, 1.82) is 0 Å². The van der Waals surface area contributed by atoms with E-state index in [2.05, 4.69) is 17.0 Å². The molecule has 0 amide bonds. The molecule has 0 aliphatic heterocycles. The number of thioether (sulfide) groups is 1. The van der Waals surface area contributed by atoms with Gasteiger partial charge in [-0.15, -0.1) is 11.8 Å². The first-order chi connectivity index (χ1) is 8.70. The van der Waals surface area contributed by atoms with Crippen LogP contribution in [0.15, 0.2) is 29.4 Å². The highest BCUT2D eigenvalue weighted by Crippen LogP contribution is 2.29. The molecule has 0 radical (unpaired) electrons. The molecule has 1 heterocycles. The maximum absolute atomic E-state index is 5.91.